The monoisotopic (exact) mass is 230 g/mol. The summed E-state index contributed by atoms with van der Waals surface area (Å²) in [5.41, 5.74) is 0. The third-order valence-electron chi connectivity index (χ3n) is 1.93. The van der Waals surface area contributed by atoms with Crippen LogP contribution in [0.25, 0.3) is 0 Å². The van der Waals surface area contributed by atoms with Gasteiger partial charge in [0.1, 0.15) is 0 Å². The van der Waals surface area contributed by atoms with Crippen molar-refractivity contribution in [1.29, 1.82) is 0 Å². The van der Waals surface area contributed by atoms with Gasteiger partial charge >= 0.3 is 0 Å². The zero-order valence-electron chi connectivity index (χ0n) is 9.17. The molecule has 0 saturated carbocycles. The zero-order valence-corrected chi connectivity index (χ0v) is 9.98. The third-order valence-corrected chi connectivity index (χ3v) is 1.93. The van der Waals surface area contributed by atoms with Crippen molar-refractivity contribution in [3.05, 3.63) is 0 Å². The standard InChI is InChI=1S/C6H16NO2.CH4O3S/c1-5(8)7(3,4)6(2)9;1-5(2,3)4/h5-6,8-9H,1-4H3;1H3,(H,2,3,4)/q+1;. The van der Waals surface area contributed by atoms with Crippen molar-refractivity contribution in [1.82, 2.24) is 0 Å². The first-order chi connectivity index (χ1) is 5.89. The van der Waals surface area contributed by atoms with Crippen LogP contribution in [0.4, 0.5) is 0 Å². The molecule has 0 aliphatic heterocycles. The first-order valence-electron chi connectivity index (χ1n) is 4.01. The molecular weight excluding hydrogens is 210 g/mol. The SMILES string of the molecule is CC(O)[N+](C)(C)C(C)O.CS(=O)(=O)O. The summed E-state index contributed by atoms with van der Waals surface area (Å²) in [5, 5.41) is 18.1. The second-order valence-corrected chi connectivity index (χ2v) is 5.09. The van der Waals surface area contributed by atoms with Crippen molar-refractivity contribution < 1.29 is 27.7 Å². The summed E-state index contributed by atoms with van der Waals surface area (Å²) in [6, 6.07) is 0. The van der Waals surface area contributed by atoms with Crippen LogP contribution < -0.4 is 0 Å². The van der Waals surface area contributed by atoms with Gasteiger partial charge in [-0.15, -0.1) is 0 Å². The molecule has 0 fully saturated rings. The van der Waals surface area contributed by atoms with Crippen molar-refractivity contribution in [3.8, 4) is 0 Å². The van der Waals surface area contributed by atoms with E-state index in [-0.39, 0.29) is 4.48 Å². The Balaban J connectivity index is 0. The molecule has 0 amide bonds. The van der Waals surface area contributed by atoms with Gasteiger partial charge in [0.2, 0.25) is 0 Å². The van der Waals surface area contributed by atoms with Gasteiger partial charge in [-0.2, -0.15) is 8.42 Å². The average molecular weight is 230 g/mol. The maximum absolute atomic E-state index is 9.19. The molecule has 0 radical (unpaired) electrons. The van der Waals surface area contributed by atoms with E-state index in [1.54, 1.807) is 27.9 Å². The fourth-order valence-corrected chi connectivity index (χ4v) is 0.312. The van der Waals surface area contributed by atoms with E-state index in [0.29, 0.717) is 6.26 Å². The molecule has 7 heteroatoms. The maximum Gasteiger partial charge on any atom is 0.261 e. The van der Waals surface area contributed by atoms with Crippen LogP contribution in [-0.4, -0.2) is 60.5 Å². The molecule has 88 valence electrons. The van der Waals surface area contributed by atoms with Gasteiger partial charge in [-0.25, -0.2) is 0 Å². The zero-order chi connectivity index (χ0) is 12.2. The molecule has 6 nitrogen and oxygen atoms in total. The molecule has 14 heavy (non-hydrogen) atoms. The van der Waals surface area contributed by atoms with Gasteiger partial charge in [-0.05, 0) is 0 Å². The van der Waals surface area contributed by atoms with E-state index in [4.69, 9.17) is 14.8 Å². The summed E-state index contributed by atoms with van der Waals surface area (Å²) < 4.78 is 26.1. The van der Waals surface area contributed by atoms with Crippen molar-refractivity contribution in [2.24, 2.45) is 0 Å². The number of quaternary nitrogens is 1. The number of aliphatic hydroxyl groups excluding tert-OH is 2. The molecule has 2 atom stereocenters. The quantitative estimate of drug-likeness (QED) is 0.329. The minimum Gasteiger partial charge on any atom is -0.345 e. The second kappa shape index (κ2) is 5.62. The lowest BCUT2D eigenvalue weighted by Gasteiger charge is -2.35. The largest absolute Gasteiger partial charge is 0.345 e. The number of aliphatic hydroxyl groups is 2. The summed E-state index contributed by atoms with van der Waals surface area (Å²) >= 11 is 0. The van der Waals surface area contributed by atoms with Gasteiger partial charge in [-0.3, -0.25) is 9.04 Å². The molecular formula is C7H20NO5S+. The van der Waals surface area contributed by atoms with Crippen LogP contribution >= 0.6 is 0 Å². The smallest absolute Gasteiger partial charge is 0.261 e. The number of hydrogen-bond acceptors (Lipinski definition) is 4. The summed E-state index contributed by atoms with van der Waals surface area (Å²) in [7, 11) is -0.120. The first kappa shape index (κ1) is 16.2. The van der Waals surface area contributed by atoms with E-state index < -0.39 is 22.6 Å². The minimum absolute atomic E-state index is 0.222. The molecule has 0 aromatic heterocycles. The predicted octanol–water partition coefficient (Wildman–Crippen LogP) is -0.757. The molecule has 0 aliphatic rings. The van der Waals surface area contributed by atoms with E-state index in [0.717, 1.165) is 0 Å². The van der Waals surface area contributed by atoms with E-state index >= 15 is 0 Å². The number of hydrogen-bond donors (Lipinski definition) is 3. The van der Waals surface area contributed by atoms with Gasteiger partial charge < -0.3 is 10.2 Å². The molecule has 0 rings (SSSR count). The van der Waals surface area contributed by atoms with Gasteiger partial charge in [0.15, 0.2) is 12.5 Å². The molecule has 0 aliphatic carbocycles. The lowest BCUT2D eigenvalue weighted by atomic mass is 10.4. The molecule has 2 unspecified atom stereocenters. The Morgan fingerprint density at radius 1 is 1.07 bits per heavy atom. The van der Waals surface area contributed by atoms with Crippen LogP contribution in [0.1, 0.15) is 13.8 Å². The highest BCUT2D eigenvalue weighted by atomic mass is 32.2. The van der Waals surface area contributed by atoms with Crippen molar-refractivity contribution >= 4 is 10.1 Å². The lowest BCUT2D eigenvalue weighted by Crippen LogP contribution is -2.53. The second-order valence-electron chi connectivity index (χ2n) is 3.63. The highest BCUT2D eigenvalue weighted by Gasteiger charge is 2.26. The van der Waals surface area contributed by atoms with E-state index in [2.05, 4.69) is 0 Å². The summed E-state index contributed by atoms with van der Waals surface area (Å²) in [5.74, 6) is 0. The van der Waals surface area contributed by atoms with Gasteiger partial charge in [0.05, 0.1) is 20.4 Å². The Labute approximate surface area is 85.1 Å². The molecule has 0 heterocycles. The molecule has 0 aromatic rings. The normalized spacial score (nSPS) is 16.6. The molecule has 3 N–H and O–H groups in total. The van der Waals surface area contributed by atoms with E-state index in [9.17, 15) is 8.42 Å². The van der Waals surface area contributed by atoms with Crippen LogP contribution in [0.2, 0.25) is 0 Å². The third kappa shape index (κ3) is 9.87. The summed E-state index contributed by atoms with van der Waals surface area (Å²) in [6.07, 6.45) is -0.331. The lowest BCUT2D eigenvalue weighted by molar-refractivity contribution is -0.974. The predicted molar refractivity (Wildman–Crippen MR) is 52.9 cm³/mol. The van der Waals surface area contributed by atoms with E-state index in [1.165, 1.54) is 0 Å². The Kier molecular flexibility index (Phi) is 6.51. The van der Waals surface area contributed by atoms with Crippen molar-refractivity contribution in [2.45, 2.75) is 26.3 Å². The minimum atomic E-state index is -3.67. The van der Waals surface area contributed by atoms with Crippen LogP contribution in [0.15, 0.2) is 0 Å². The number of nitrogens with zero attached hydrogens (tertiary/aromatic N) is 1. The van der Waals surface area contributed by atoms with Crippen LogP contribution in [-0.2, 0) is 10.1 Å². The summed E-state index contributed by atoms with van der Waals surface area (Å²) in [4.78, 5) is 0. The van der Waals surface area contributed by atoms with Gasteiger partial charge in [-0.1, -0.05) is 0 Å². The Bertz CT molecular complexity index is 227. The van der Waals surface area contributed by atoms with Gasteiger partial charge in [0.25, 0.3) is 10.1 Å². The van der Waals surface area contributed by atoms with Gasteiger partial charge in [0, 0.05) is 13.8 Å². The molecule has 0 bridgehead atoms. The molecule has 0 saturated heterocycles. The van der Waals surface area contributed by atoms with Crippen LogP contribution in [0, 0.1) is 0 Å². The number of rotatable bonds is 2. The first-order valence-corrected chi connectivity index (χ1v) is 5.85. The Morgan fingerprint density at radius 2 is 1.21 bits per heavy atom. The topological polar surface area (TPSA) is 94.8 Å². The van der Waals surface area contributed by atoms with Crippen LogP contribution in [0.5, 0.6) is 0 Å². The highest BCUT2D eigenvalue weighted by Crippen LogP contribution is 2.07. The molecule has 0 spiro atoms. The summed E-state index contributed by atoms with van der Waals surface area (Å²) in [6.45, 7) is 3.32. The fourth-order valence-electron chi connectivity index (χ4n) is 0.312. The molecule has 0 aromatic carbocycles. The van der Waals surface area contributed by atoms with Crippen LogP contribution in [0.3, 0.4) is 0 Å². The fraction of sp³-hybridized carbons (Fsp3) is 1.00. The average Bonchev–Trinajstić information content (AvgIpc) is 1.82. The Morgan fingerprint density at radius 3 is 1.21 bits per heavy atom. The maximum atomic E-state index is 9.19. The van der Waals surface area contributed by atoms with E-state index in [1.807, 2.05) is 0 Å². The van der Waals surface area contributed by atoms with Crippen molar-refractivity contribution in [3.63, 3.8) is 0 Å². The Hall–Kier alpha value is -0.210. The highest BCUT2D eigenvalue weighted by molar-refractivity contribution is 7.85. The van der Waals surface area contributed by atoms with Crippen molar-refractivity contribution in [2.75, 3.05) is 20.4 Å².